The molecule has 0 spiro atoms. The van der Waals surface area contributed by atoms with Gasteiger partial charge in [-0.2, -0.15) is 0 Å². The van der Waals surface area contributed by atoms with Crippen LogP contribution in [0.4, 0.5) is 11.4 Å². The highest BCUT2D eigenvalue weighted by Gasteiger charge is 2.14. The molecule has 2 N–H and O–H groups in total. The number of ether oxygens (including phenoxy) is 3. The molecule has 4 aromatic rings. The van der Waals surface area contributed by atoms with Crippen molar-refractivity contribution in [3.63, 3.8) is 0 Å². The number of hydrogen-bond donors (Lipinski definition) is 2. The van der Waals surface area contributed by atoms with Crippen LogP contribution in [-0.4, -0.2) is 25.7 Å². The van der Waals surface area contributed by atoms with Gasteiger partial charge in [0.1, 0.15) is 19.0 Å². The molecule has 1 heterocycles. The molecule has 34 heavy (non-hydrogen) atoms. The van der Waals surface area contributed by atoms with Crippen LogP contribution in [0.1, 0.15) is 11.1 Å². The second-order valence-electron chi connectivity index (χ2n) is 8.18. The normalized spacial score (nSPS) is 12.3. The van der Waals surface area contributed by atoms with Gasteiger partial charge in [-0.3, -0.25) is 4.79 Å². The number of fused-ring (bicyclic) bond motifs is 2. The lowest BCUT2D eigenvalue weighted by molar-refractivity contribution is -0.118. The van der Waals surface area contributed by atoms with Gasteiger partial charge in [-0.15, -0.1) is 0 Å². The van der Waals surface area contributed by atoms with Crippen LogP contribution in [0, 0.1) is 6.92 Å². The molecular weight excluding hydrogens is 428 g/mol. The minimum atomic E-state index is -0.206. The maximum absolute atomic E-state index is 12.5. The van der Waals surface area contributed by atoms with E-state index in [1.54, 1.807) is 0 Å². The van der Waals surface area contributed by atoms with E-state index in [2.05, 4.69) is 22.8 Å². The lowest BCUT2D eigenvalue weighted by Gasteiger charge is -2.20. The first-order valence-electron chi connectivity index (χ1n) is 11.3. The van der Waals surface area contributed by atoms with Crippen molar-refractivity contribution < 1.29 is 19.0 Å². The summed E-state index contributed by atoms with van der Waals surface area (Å²) in [6, 6.07) is 25.6. The summed E-state index contributed by atoms with van der Waals surface area (Å²) in [4.78, 5) is 12.5. The van der Waals surface area contributed by atoms with Gasteiger partial charge in [-0.25, -0.2) is 0 Å². The number of anilines is 2. The second-order valence-corrected chi connectivity index (χ2v) is 8.18. The van der Waals surface area contributed by atoms with Gasteiger partial charge in [-0.05, 0) is 48.0 Å². The molecule has 0 saturated heterocycles. The summed E-state index contributed by atoms with van der Waals surface area (Å²) in [6.07, 6.45) is 0. The number of aryl methyl sites for hydroxylation is 1. The molecule has 0 aromatic heterocycles. The maximum Gasteiger partial charge on any atom is 0.262 e. The topological polar surface area (TPSA) is 68.8 Å². The van der Waals surface area contributed by atoms with Crippen LogP contribution >= 0.6 is 0 Å². The van der Waals surface area contributed by atoms with E-state index in [0.717, 1.165) is 44.8 Å². The Balaban J connectivity index is 1.33. The largest absolute Gasteiger partial charge is 0.486 e. The molecule has 0 aliphatic carbocycles. The Kier molecular flexibility index (Phi) is 6.21. The Morgan fingerprint density at radius 3 is 2.50 bits per heavy atom. The quantitative estimate of drug-likeness (QED) is 0.383. The molecule has 0 atom stereocenters. The van der Waals surface area contributed by atoms with Crippen LogP contribution in [0.15, 0.2) is 78.9 Å². The monoisotopic (exact) mass is 454 g/mol. The molecule has 1 aliphatic rings. The highest BCUT2D eigenvalue weighted by atomic mass is 16.6. The number of hydrogen-bond acceptors (Lipinski definition) is 5. The number of carbonyl (C=O) groups excluding carboxylic acids is 1. The lowest BCUT2D eigenvalue weighted by atomic mass is 10.0. The van der Waals surface area contributed by atoms with Crippen molar-refractivity contribution in [2.24, 2.45) is 0 Å². The van der Waals surface area contributed by atoms with Crippen molar-refractivity contribution in [1.82, 2.24) is 0 Å². The van der Waals surface area contributed by atoms with Gasteiger partial charge >= 0.3 is 0 Å². The Morgan fingerprint density at radius 2 is 1.65 bits per heavy atom. The summed E-state index contributed by atoms with van der Waals surface area (Å²) in [5, 5.41) is 8.52. The first-order valence-corrected chi connectivity index (χ1v) is 11.3. The van der Waals surface area contributed by atoms with E-state index in [4.69, 9.17) is 14.2 Å². The molecule has 172 valence electrons. The second kappa shape index (κ2) is 9.75. The lowest BCUT2D eigenvalue weighted by Crippen LogP contribution is -2.20. The van der Waals surface area contributed by atoms with Crippen LogP contribution in [0.25, 0.3) is 10.8 Å². The average molecular weight is 455 g/mol. The Hall–Kier alpha value is -4.19. The zero-order valence-corrected chi connectivity index (χ0v) is 19.0. The minimum Gasteiger partial charge on any atom is -0.486 e. The van der Waals surface area contributed by atoms with Crippen molar-refractivity contribution in [1.29, 1.82) is 0 Å². The number of carbonyl (C=O) groups is 1. The van der Waals surface area contributed by atoms with Crippen molar-refractivity contribution in [2.45, 2.75) is 13.5 Å². The van der Waals surface area contributed by atoms with E-state index >= 15 is 0 Å². The highest BCUT2D eigenvalue weighted by Crippen LogP contribution is 2.34. The van der Waals surface area contributed by atoms with Gasteiger partial charge in [-0.1, -0.05) is 48.0 Å². The molecular formula is C28H26N2O4. The molecule has 1 aliphatic heterocycles. The van der Waals surface area contributed by atoms with E-state index in [1.807, 2.05) is 73.7 Å². The molecule has 0 bridgehead atoms. The fourth-order valence-corrected chi connectivity index (χ4v) is 3.95. The number of rotatable bonds is 7. The maximum atomic E-state index is 12.5. The molecule has 4 aromatic carbocycles. The van der Waals surface area contributed by atoms with Crippen LogP contribution < -0.4 is 24.8 Å². The fraction of sp³-hybridized carbons (Fsp3) is 0.179. The third kappa shape index (κ3) is 4.91. The molecule has 6 heteroatoms. The zero-order chi connectivity index (χ0) is 23.3. The number of benzene rings is 4. The van der Waals surface area contributed by atoms with Crippen LogP contribution in [0.3, 0.4) is 0 Å². The summed E-state index contributed by atoms with van der Waals surface area (Å²) < 4.78 is 17.3. The van der Waals surface area contributed by atoms with Crippen molar-refractivity contribution >= 4 is 28.1 Å². The van der Waals surface area contributed by atoms with Gasteiger partial charge in [0.05, 0.1) is 0 Å². The summed E-state index contributed by atoms with van der Waals surface area (Å²) >= 11 is 0. The van der Waals surface area contributed by atoms with Gasteiger partial charge in [0.15, 0.2) is 18.1 Å². The first-order chi connectivity index (χ1) is 16.7. The van der Waals surface area contributed by atoms with Gasteiger partial charge < -0.3 is 24.8 Å². The van der Waals surface area contributed by atoms with E-state index in [1.165, 1.54) is 0 Å². The Labute approximate surface area is 198 Å². The van der Waals surface area contributed by atoms with E-state index in [0.29, 0.717) is 25.5 Å². The Bertz CT molecular complexity index is 1320. The van der Waals surface area contributed by atoms with Gasteiger partial charge in [0.25, 0.3) is 5.91 Å². The van der Waals surface area contributed by atoms with Crippen molar-refractivity contribution in [3.8, 4) is 17.2 Å². The smallest absolute Gasteiger partial charge is 0.262 e. The summed E-state index contributed by atoms with van der Waals surface area (Å²) in [5.41, 5.74) is 3.79. The van der Waals surface area contributed by atoms with Crippen LogP contribution in [-0.2, 0) is 11.3 Å². The van der Waals surface area contributed by atoms with Crippen molar-refractivity contribution in [2.75, 3.05) is 30.5 Å². The fourth-order valence-electron chi connectivity index (χ4n) is 3.95. The van der Waals surface area contributed by atoms with E-state index in [-0.39, 0.29) is 12.5 Å². The summed E-state index contributed by atoms with van der Waals surface area (Å²) in [6.45, 7) is 3.56. The van der Waals surface area contributed by atoms with Crippen LogP contribution in [0.2, 0.25) is 0 Å². The Morgan fingerprint density at radius 1 is 0.882 bits per heavy atom. The molecule has 5 rings (SSSR count). The van der Waals surface area contributed by atoms with Gasteiger partial charge in [0.2, 0.25) is 0 Å². The highest BCUT2D eigenvalue weighted by molar-refractivity contribution is 5.92. The summed E-state index contributed by atoms with van der Waals surface area (Å²) in [7, 11) is 0. The molecule has 1 amide bonds. The predicted molar refractivity (Wildman–Crippen MR) is 134 cm³/mol. The van der Waals surface area contributed by atoms with E-state index < -0.39 is 0 Å². The molecule has 0 radical (unpaired) electrons. The predicted octanol–water partition coefficient (Wildman–Crippen LogP) is 5.55. The minimum absolute atomic E-state index is 0.0801. The average Bonchev–Trinajstić information content (AvgIpc) is 2.87. The van der Waals surface area contributed by atoms with Gasteiger partial charge in [0, 0.05) is 29.5 Å². The molecule has 6 nitrogen and oxygen atoms in total. The molecule has 0 saturated carbocycles. The molecule has 0 unspecified atom stereocenters. The zero-order valence-electron chi connectivity index (χ0n) is 19.0. The third-order valence-electron chi connectivity index (χ3n) is 5.70. The number of amides is 1. The summed E-state index contributed by atoms with van der Waals surface area (Å²) in [5.74, 6) is 1.95. The van der Waals surface area contributed by atoms with Crippen LogP contribution in [0.5, 0.6) is 17.2 Å². The number of nitrogens with one attached hydrogen (secondary N) is 2. The van der Waals surface area contributed by atoms with Crippen molar-refractivity contribution in [3.05, 3.63) is 90.0 Å². The SMILES string of the molecule is Cc1ccc(NC(=O)COc2ccc3ccccc3c2CNc2ccc3c(c2)OCCO3)cc1. The molecule has 0 fully saturated rings. The van der Waals surface area contributed by atoms with E-state index in [9.17, 15) is 4.79 Å². The standard InChI is InChI=1S/C28H26N2O4/c1-19-6-9-21(10-7-19)30-28(31)18-34-25-12-8-20-4-2-3-5-23(20)24(25)17-29-22-11-13-26-27(16-22)33-15-14-32-26/h2-13,16,29H,14-15,17-18H2,1H3,(H,30,31). The third-order valence-corrected chi connectivity index (χ3v) is 5.70. The first kappa shape index (κ1) is 21.6.